The van der Waals surface area contributed by atoms with Gasteiger partial charge in [-0.1, -0.05) is 77.8 Å². The highest BCUT2D eigenvalue weighted by Crippen LogP contribution is 2.44. The van der Waals surface area contributed by atoms with E-state index < -0.39 is 61.6 Å². The molecule has 4 aliphatic rings. The molecule has 3 aliphatic heterocycles. The summed E-state index contributed by atoms with van der Waals surface area (Å²) in [5, 5.41) is 5.61. The highest BCUT2D eigenvalue weighted by molar-refractivity contribution is 7.52. The number of unbranched alkanes of at least 4 members (excludes halogenated alkanes) is 2. The molecule has 11 atom stereocenters. The maximum absolute atomic E-state index is 14.7. The minimum atomic E-state index is -4.76. The number of ether oxygens (including phenoxy) is 2. The van der Waals surface area contributed by atoms with Crippen LogP contribution in [-0.4, -0.2) is 153 Å². The summed E-state index contributed by atoms with van der Waals surface area (Å²) < 4.78 is 24.4. The number of carbonyl (C=O) groups is 7. The molecule has 1 saturated carbocycles. The summed E-state index contributed by atoms with van der Waals surface area (Å²) in [5.41, 5.74) is 0.647. The number of likely N-dealkylation sites (tertiary alicyclic amines) is 2. The molecule has 378 valence electrons. The van der Waals surface area contributed by atoms with Crippen LogP contribution in [0.4, 0.5) is 0 Å². The third kappa shape index (κ3) is 13.0. The molecule has 7 amide bonds. The fourth-order valence-corrected chi connectivity index (χ4v) is 11.6. The predicted molar refractivity (Wildman–Crippen MR) is 253 cm³/mol. The lowest BCUT2D eigenvalue weighted by atomic mass is 9.89. The lowest BCUT2D eigenvalue weighted by molar-refractivity contribution is -0.149. The van der Waals surface area contributed by atoms with E-state index in [0.717, 1.165) is 19.3 Å². The molecule has 68 heavy (non-hydrogen) atoms. The fraction of sp³-hybridized carbons (Fsp3) is 0.694. The second kappa shape index (κ2) is 24.4. The molecule has 5 rings (SSSR count). The zero-order valence-corrected chi connectivity index (χ0v) is 42.0. The summed E-state index contributed by atoms with van der Waals surface area (Å²) in [6, 6.07) is 5.92. The maximum atomic E-state index is 14.7. The average molecular weight is 971 g/mol. The van der Waals surface area contributed by atoms with Crippen molar-refractivity contribution in [2.75, 3.05) is 34.4 Å². The van der Waals surface area contributed by atoms with E-state index in [2.05, 4.69) is 10.6 Å². The molecule has 19 heteroatoms. The number of benzene rings is 1. The van der Waals surface area contributed by atoms with E-state index in [1.165, 1.54) is 31.3 Å². The molecule has 18 nitrogen and oxygen atoms in total. The molecule has 2 unspecified atom stereocenters. The van der Waals surface area contributed by atoms with Gasteiger partial charge in [0, 0.05) is 65.4 Å². The largest absolute Gasteiger partial charge is 0.379 e. The van der Waals surface area contributed by atoms with Gasteiger partial charge < -0.3 is 44.6 Å². The molecule has 4 N–H and O–H groups in total. The molecule has 0 radical (unpaired) electrons. The van der Waals surface area contributed by atoms with Crippen molar-refractivity contribution in [1.82, 2.24) is 30.2 Å². The molecular weight excluding hydrogens is 896 g/mol. The number of nitrogens with zero attached hydrogens (tertiary/aromatic N) is 4. The van der Waals surface area contributed by atoms with Crippen molar-refractivity contribution in [3.63, 3.8) is 0 Å². The maximum Gasteiger partial charge on any atom is 0.347 e. The number of piperidine rings is 1. The SMILES string of the molecule is CC[C@H](C)[C@@H]([C@@H](CC(=O)N1CCCC1[C@H](OC)[C@@H](C)C(=O)N[C@@H](Cc1ccccc1)P(=O)(O)O)OC)N(C)C(=O)C(NC(=O)[C@@H]1[C@H]2CC[C@H](C2)N1C(=O)CCCCCN1C(=O)C=CC1=O)C(C)C. The zero-order valence-electron chi connectivity index (χ0n) is 41.1. The number of methoxy groups -OCH3 is 2. The minimum absolute atomic E-state index is 0.0261. The van der Waals surface area contributed by atoms with E-state index in [0.29, 0.717) is 50.6 Å². The first-order valence-corrected chi connectivity index (χ1v) is 26.1. The zero-order chi connectivity index (χ0) is 50.0. The minimum Gasteiger partial charge on any atom is -0.379 e. The number of amides is 7. The summed E-state index contributed by atoms with van der Waals surface area (Å²) in [6.07, 6.45) is 6.89. The first-order chi connectivity index (χ1) is 32.2. The van der Waals surface area contributed by atoms with Crippen LogP contribution in [0, 0.1) is 23.7 Å². The van der Waals surface area contributed by atoms with E-state index in [9.17, 15) is 47.9 Å². The van der Waals surface area contributed by atoms with Crippen molar-refractivity contribution in [2.24, 2.45) is 23.7 Å². The van der Waals surface area contributed by atoms with Crippen molar-refractivity contribution < 1.29 is 57.4 Å². The normalized spacial score (nSPS) is 23.4. The fourth-order valence-electron chi connectivity index (χ4n) is 10.9. The van der Waals surface area contributed by atoms with Crippen LogP contribution in [0.2, 0.25) is 0 Å². The monoisotopic (exact) mass is 971 g/mol. The van der Waals surface area contributed by atoms with Crippen LogP contribution in [-0.2, 0) is 54.0 Å². The molecule has 0 aromatic heterocycles. The molecule has 3 fully saturated rings. The standard InChI is InChI=1S/C49H75N6O12P/c1-9-31(4)44(37(66-7)29-42(59)53-26-16-19-36(53)46(67-8)32(5)47(60)50-38(68(63,64)65)27-33-17-12-10-13-18-33)52(6)49(62)43(30(2)3)51-48(61)45-34-21-22-35(28-34)55(45)41(58)20-14-11-15-25-54-39(56)23-24-40(54)57/h10,12-13,17-18,23-24,30-32,34-38,43-46H,9,11,14-16,19-22,25-29H2,1-8H3,(H,50,60)(H,51,61)(H2,63,64,65)/t31-,32+,34-,35+,36?,37+,38+,43?,44-,45-,46+/m0/s1. The third-order valence-electron chi connectivity index (χ3n) is 14.8. The van der Waals surface area contributed by atoms with Gasteiger partial charge in [-0.2, -0.15) is 0 Å². The van der Waals surface area contributed by atoms with Gasteiger partial charge in [0.15, 0.2) is 0 Å². The second-order valence-electron chi connectivity index (χ2n) is 19.6. The van der Waals surface area contributed by atoms with Crippen LogP contribution in [0.15, 0.2) is 42.5 Å². The average Bonchev–Trinajstić information content (AvgIpc) is 4.13. The summed E-state index contributed by atoms with van der Waals surface area (Å²) in [4.78, 5) is 121. The van der Waals surface area contributed by atoms with Crippen LogP contribution < -0.4 is 10.6 Å². The van der Waals surface area contributed by atoms with Crippen molar-refractivity contribution in [3.8, 4) is 0 Å². The number of likely N-dealkylation sites (N-methyl/N-ethyl adjacent to an activating group) is 1. The van der Waals surface area contributed by atoms with Crippen LogP contribution in [0.3, 0.4) is 0 Å². The summed E-state index contributed by atoms with van der Waals surface area (Å²) >= 11 is 0. The van der Waals surface area contributed by atoms with Crippen molar-refractivity contribution in [1.29, 1.82) is 0 Å². The lowest BCUT2D eigenvalue weighted by Crippen LogP contribution is -2.60. The number of imide groups is 1. The summed E-state index contributed by atoms with van der Waals surface area (Å²) in [7, 11) is -0.144. The van der Waals surface area contributed by atoms with Crippen LogP contribution in [0.25, 0.3) is 0 Å². The summed E-state index contributed by atoms with van der Waals surface area (Å²) in [5.74, 6) is -5.22. The van der Waals surface area contributed by atoms with Crippen LogP contribution >= 0.6 is 7.60 Å². The Kier molecular flexibility index (Phi) is 19.5. The Morgan fingerprint density at radius 3 is 2.18 bits per heavy atom. The first kappa shape index (κ1) is 54.5. The molecule has 1 aromatic carbocycles. The molecule has 1 aromatic rings. The second-order valence-corrected chi connectivity index (χ2v) is 21.4. The number of fused-ring (bicyclic) bond motifs is 2. The topological polar surface area (TPSA) is 232 Å². The van der Waals surface area contributed by atoms with Gasteiger partial charge in [0.05, 0.1) is 36.6 Å². The first-order valence-electron chi connectivity index (χ1n) is 24.4. The third-order valence-corrected chi connectivity index (χ3v) is 15.9. The van der Waals surface area contributed by atoms with Gasteiger partial charge in [-0.3, -0.25) is 43.0 Å². The Bertz CT molecular complexity index is 2010. The quantitative estimate of drug-likeness (QED) is 0.0624. The molecule has 2 bridgehead atoms. The van der Waals surface area contributed by atoms with Gasteiger partial charge in [-0.25, -0.2) is 0 Å². The van der Waals surface area contributed by atoms with E-state index in [4.69, 9.17) is 9.47 Å². The molecule has 2 saturated heterocycles. The highest BCUT2D eigenvalue weighted by Gasteiger charge is 2.52. The Morgan fingerprint density at radius 1 is 0.897 bits per heavy atom. The number of hydrogen-bond donors (Lipinski definition) is 4. The smallest absolute Gasteiger partial charge is 0.347 e. The van der Waals surface area contributed by atoms with Crippen LogP contribution in [0.1, 0.15) is 111 Å². The molecule has 1 aliphatic carbocycles. The van der Waals surface area contributed by atoms with Crippen molar-refractivity contribution in [3.05, 3.63) is 48.0 Å². The molecular formula is C49H75N6O12P. The van der Waals surface area contributed by atoms with Gasteiger partial charge in [-0.15, -0.1) is 0 Å². The van der Waals surface area contributed by atoms with Gasteiger partial charge in [0.1, 0.15) is 17.9 Å². The predicted octanol–water partition coefficient (Wildman–Crippen LogP) is 3.78. The van der Waals surface area contributed by atoms with Gasteiger partial charge in [0.25, 0.3) is 11.8 Å². The molecule has 3 heterocycles. The van der Waals surface area contributed by atoms with Crippen LogP contribution in [0.5, 0.6) is 0 Å². The molecule has 0 spiro atoms. The van der Waals surface area contributed by atoms with Gasteiger partial charge in [0.2, 0.25) is 29.5 Å². The van der Waals surface area contributed by atoms with Crippen molar-refractivity contribution >= 4 is 48.9 Å². The Balaban J connectivity index is 1.23. The lowest BCUT2D eigenvalue weighted by Gasteiger charge is -2.41. The van der Waals surface area contributed by atoms with Crippen molar-refractivity contribution in [2.45, 2.75) is 160 Å². The highest BCUT2D eigenvalue weighted by atomic mass is 31.2. The summed E-state index contributed by atoms with van der Waals surface area (Å²) in [6.45, 7) is 9.97. The van der Waals surface area contributed by atoms with E-state index in [1.54, 1.807) is 59.0 Å². The van der Waals surface area contributed by atoms with E-state index in [-0.39, 0.29) is 85.0 Å². The number of rotatable bonds is 25. The van der Waals surface area contributed by atoms with Gasteiger partial charge in [-0.05, 0) is 68.3 Å². The van der Waals surface area contributed by atoms with Gasteiger partial charge >= 0.3 is 7.60 Å². The number of carbonyl (C=O) groups excluding carboxylic acids is 7. The van der Waals surface area contributed by atoms with E-state index in [1.807, 2.05) is 27.7 Å². The Labute approximate surface area is 401 Å². The Hall–Kier alpha value is -4.48. The Morgan fingerprint density at radius 2 is 1.57 bits per heavy atom. The van der Waals surface area contributed by atoms with E-state index >= 15 is 0 Å². The number of nitrogens with one attached hydrogen (secondary N) is 2. The number of hydrogen-bond acceptors (Lipinski definition) is 10.